The van der Waals surface area contributed by atoms with Crippen LogP contribution in [0.4, 0.5) is 0 Å². The molecule has 106 valence electrons. The van der Waals surface area contributed by atoms with Crippen LogP contribution in [-0.2, 0) is 13.6 Å². The Bertz CT molecular complexity index is 590. The fourth-order valence-electron chi connectivity index (χ4n) is 2.15. The van der Waals surface area contributed by atoms with Crippen LogP contribution < -0.4 is 0 Å². The molecule has 0 aliphatic carbocycles. The molecule has 1 aromatic carbocycles. The first-order chi connectivity index (χ1) is 9.49. The zero-order valence-corrected chi connectivity index (χ0v) is 13.6. The predicted molar refractivity (Wildman–Crippen MR) is 84.6 cm³/mol. The molecule has 1 aromatic heterocycles. The van der Waals surface area contributed by atoms with Crippen LogP contribution >= 0.6 is 15.9 Å². The number of nitrogens with zero attached hydrogens (tertiary/aromatic N) is 2. The number of carbonyl (C=O) groups excluding carboxylic acids is 1. The molecule has 0 fully saturated rings. The summed E-state index contributed by atoms with van der Waals surface area (Å²) in [5.41, 5.74) is 1.84. The second-order valence-corrected chi connectivity index (χ2v) is 6.08. The molecule has 1 amide bonds. The molecular weight excluding hydrogens is 316 g/mol. The van der Waals surface area contributed by atoms with Gasteiger partial charge in [-0.2, -0.15) is 0 Å². The van der Waals surface area contributed by atoms with Crippen LogP contribution in [0.25, 0.3) is 0 Å². The van der Waals surface area contributed by atoms with E-state index in [0.717, 1.165) is 10.0 Å². The summed E-state index contributed by atoms with van der Waals surface area (Å²) in [4.78, 5) is 14.6. The van der Waals surface area contributed by atoms with E-state index < -0.39 is 0 Å². The van der Waals surface area contributed by atoms with Gasteiger partial charge in [0.25, 0.3) is 5.91 Å². The molecule has 2 aromatic rings. The van der Waals surface area contributed by atoms with E-state index >= 15 is 0 Å². The van der Waals surface area contributed by atoms with Gasteiger partial charge in [0.05, 0.1) is 0 Å². The van der Waals surface area contributed by atoms with Crippen LogP contribution in [0, 0.1) is 0 Å². The van der Waals surface area contributed by atoms with Gasteiger partial charge in [0.1, 0.15) is 5.69 Å². The highest BCUT2D eigenvalue weighted by Crippen LogP contribution is 2.18. The number of halogens is 1. The lowest BCUT2D eigenvalue weighted by Crippen LogP contribution is -2.37. The minimum Gasteiger partial charge on any atom is -0.345 e. The first-order valence-electron chi connectivity index (χ1n) is 6.66. The molecule has 0 saturated carbocycles. The van der Waals surface area contributed by atoms with E-state index in [1.54, 1.807) is 0 Å². The number of hydrogen-bond donors (Lipinski definition) is 0. The van der Waals surface area contributed by atoms with E-state index in [1.165, 1.54) is 0 Å². The second kappa shape index (κ2) is 6.27. The van der Waals surface area contributed by atoms with Crippen LogP contribution in [0.1, 0.15) is 29.9 Å². The first kappa shape index (κ1) is 14.9. The summed E-state index contributed by atoms with van der Waals surface area (Å²) in [6.45, 7) is 4.71. The van der Waals surface area contributed by atoms with Gasteiger partial charge in [0, 0.05) is 30.3 Å². The van der Waals surface area contributed by atoms with Gasteiger partial charge >= 0.3 is 0 Å². The van der Waals surface area contributed by atoms with E-state index in [0.29, 0.717) is 12.2 Å². The summed E-state index contributed by atoms with van der Waals surface area (Å²) in [5.74, 6) is 0.0528. The van der Waals surface area contributed by atoms with Crippen LogP contribution in [0.3, 0.4) is 0 Å². The van der Waals surface area contributed by atoms with Gasteiger partial charge in [-0.25, -0.2) is 0 Å². The van der Waals surface area contributed by atoms with Crippen molar-refractivity contribution in [2.24, 2.45) is 7.05 Å². The van der Waals surface area contributed by atoms with Crippen molar-refractivity contribution >= 4 is 21.8 Å². The number of amides is 1. The molecule has 0 N–H and O–H groups in total. The maximum Gasteiger partial charge on any atom is 0.271 e. The lowest BCUT2D eigenvalue weighted by Gasteiger charge is -2.27. The van der Waals surface area contributed by atoms with Crippen molar-refractivity contribution in [1.82, 2.24) is 9.47 Å². The standard InChI is InChI=1S/C16H19BrN2O/c1-12(2)19(10-13-7-5-4-6-8-13)16(20)15-9-14(17)11-18(15)3/h4-9,11-12H,10H2,1-3H3. The highest BCUT2D eigenvalue weighted by molar-refractivity contribution is 9.10. The Balaban J connectivity index is 2.25. The van der Waals surface area contributed by atoms with Crippen molar-refractivity contribution < 1.29 is 4.79 Å². The Morgan fingerprint density at radius 1 is 1.30 bits per heavy atom. The van der Waals surface area contributed by atoms with Crippen LogP contribution in [0.15, 0.2) is 47.1 Å². The lowest BCUT2D eigenvalue weighted by molar-refractivity contribution is 0.0680. The Hall–Kier alpha value is -1.55. The van der Waals surface area contributed by atoms with Gasteiger partial charge in [-0.1, -0.05) is 30.3 Å². The SMILES string of the molecule is CC(C)N(Cc1ccccc1)C(=O)c1cc(Br)cn1C. The molecule has 4 heteroatoms. The summed E-state index contributed by atoms with van der Waals surface area (Å²) < 4.78 is 2.78. The van der Waals surface area contributed by atoms with Crippen molar-refractivity contribution in [3.63, 3.8) is 0 Å². The number of hydrogen-bond acceptors (Lipinski definition) is 1. The molecule has 0 aliphatic heterocycles. The Morgan fingerprint density at radius 3 is 2.45 bits per heavy atom. The van der Waals surface area contributed by atoms with Gasteiger partial charge in [0.2, 0.25) is 0 Å². The van der Waals surface area contributed by atoms with Gasteiger partial charge in [0.15, 0.2) is 0 Å². The summed E-state index contributed by atoms with van der Waals surface area (Å²) in [7, 11) is 1.89. The quantitative estimate of drug-likeness (QED) is 0.833. The van der Waals surface area contributed by atoms with Gasteiger partial charge in [-0.15, -0.1) is 0 Å². The van der Waals surface area contributed by atoms with Crippen molar-refractivity contribution in [1.29, 1.82) is 0 Å². The number of aryl methyl sites for hydroxylation is 1. The van der Waals surface area contributed by atoms with Crippen molar-refractivity contribution in [3.8, 4) is 0 Å². The van der Waals surface area contributed by atoms with Crippen LogP contribution in [0.5, 0.6) is 0 Å². The zero-order valence-electron chi connectivity index (χ0n) is 12.0. The van der Waals surface area contributed by atoms with Gasteiger partial charge in [-0.3, -0.25) is 4.79 Å². The molecule has 0 aliphatic rings. The Morgan fingerprint density at radius 2 is 1.95 bits per heavy atom. The van der Waals surface area contributed by atoms with Crippen LogP contribution in [-0.4, -0.2) is 21.4 Å². The summed E-state index contributed by atoms with van der Waals surface area (Å²) in [6.07, 6.45) is 1.90. The van der Waals surface area contributed by atoms with Crippen molar-refractivity contribution in [2.45, 2.75) is 26.4 Å². The molecule has 2 rings (SSSR count). The molecular formula is C16H19BrN2O. The van der Waals surface area contributed by atoms with E-state index in [9.17, 15) is 4.79 Å². The number of carbonyl (C=O) groups is 1. The van der Waals surface area contributed by atoms with E-state index in [1.807, 2.05) is 73.0 Å². The van der Waals surface area contributed by atoms with Crippen LogP contribution in [0.2, 0.25) is 0 Å². The molecule has 0 bridgehead atoms. The fraction of sp³-hybridized carbons (Fsp3) is 0.312. The average molecular weight is 335 g/mol. The molecule has 0 atom stereocenters. The average Bonchev–Trinajstić information content (AvgIpc) is 2.75. The second-order valence-electron chi connectivity index (χ2n) is 5.17. The summed E-state index contributed by atoms with van der Waals surface area (Å²) >= 11 is 3.41. The summed E-state index contributed by atoms with van der Waals surface area (Å²) in [6, 6.07) is 12.1. The van der Waals surface area contributed by atoms with Gasteiger partial charge < -0.3 is 9.47 Å². The monoisotopic (exact) mass is 334 g/mol. The highest BCUT2D eigenvalue weighted by Gasteiger charge is 2.21. The molecule has 20 heavy (non-hydrogen) atoms. The fourth-order valence-corrected chi connectivity index (χ4v) is 2.68. The minimum absolute atomic E-state index is 0.0528. The predicted octanol–water partition coefficient (Wildman–Crippen LogP) is 3.84. The van der Waals surface area contributed by atoms with Crippen molar-refractivity contribution in [3.05, 3.63) is 58.3 Å². The van der Waals surface area contributed by atoms with E-state index in [4.69, 9.17) is 0 Å². The topological polar surface area (TPSA) is 25.2 Å². The Kier molecular flexibility index (Phi) is 4.65. The molecule has 1 heterocycles. The maximum atomic E-state index is 12.7. The van der Waals surface area contributed by atoms with E-state index in [-0.39, 0.29) is 11.9 Å². The first-order valence-corrected chi connectivity index (χ1v) is 7.45. The van der Waals surface area contributed by atoms with E-state index in [2.05, 4.69) is 15.9 Å². The molecule has 3 nitrogen and oxygen atoms in total. The number of benzene rings is 1. The van der Waals surface area contributed by atoms with Gasteiger partial charge in [-0.05, 0) is 41.4 Å². The molecule has 0 spiro atoms. The third-order valence-corrected chi connectivity index (χ3v) is 3.70. The third-order valence-electron chi connectivity index (χ3n) is 3.27. The Labute approximate surface area is 128 Å². The largest absolute Gasteiger partial charge is 0.345 e. The molecule has 0 unspecified atom stereocenters. The third kappa shape index (κ3) is 3.31. The van der Waals surface area contributed by atoms with Crippen molar-refractivity contribution in [2.75, 3.05) is 0 Å². The highest BCUT2D eigenvalue weighted by atomic mass is 79.9. The molecule has 0 saturated heterocycles. The maximum absolute atomic E-state index is 12.7. The zero-order chi connectivity index (χ0) is 14.7. The normalized spacial score (nSPS) is 10.8. The summed E-state index contributed by atoms with van der Waals surface area (Å²) in [5, 5.41) is 0. The number of aromatic nitrogens is 1. The smallest absolute Gasteiger partial charge is 0.271 e. The molecule has 0 radical (unpaired) electrons. The lowest BCUT2D eigenvalue weighted by atomic mass is 10.1. The number of rotatable bonds is 4. The minimum atomic E-state index is 0.0528.